The molecular weight excluding hydrogens is 240 g/mol. The molecule has 0 aromatic carbocycles. The summed E-state index contributed by atoms with van der Waals surface area (Å²) in [5.41, 5.74) is 5.93. The summed E-state index contributed by atoms with van der Waals surface area (Å²) >= 11 is 0. The summed E-state index contributed by atoms with van der Waals surface area (Å²) in [5, 5.41) is 0. The van der Waals surface area contributed by atoms with E-state index in [0.717, 1.165) is 25.8 Å². The lowest BCUT2D eigenvalue weighted by atomic mass is 9.88. The molecule has 0 aromatic heterocycles. The van der Waals surface area contributed by atoms with Crippen molar-refractivity contribution in [2.24, 2.45) is 11.7 Å². The van der Waals surface area contributed by atoms with E-state index >= 15 is 0 Å². The fourth-order valence-electron chi connectivity index (χ4n) is 3.37. The van der Waals surface area contributed by atoms with Gasteiger partial charge >= 0.3 is 0 Å². The van der Waals surface area contributed by atoms with Crippen LogP contribution in [0.1, 0.15) is 52.4 Å². The molecule has 0 aromatic rings. The first-order valence-corrected chi connectivity index (χ1v) is 7.74. The first-order valence-electron chi connectivity index (χ1n) is 7.74. The number of hydrogen-bond acceptors (Lipinski definition) is 3. The number of nitrogens with two attached hydrogens (primary N) is 1. The Morgan fingerprint density at radius 3 is 2.68 bits per heavy atom. The van der Waals surface area contributed by atoms with Crippen molar-refractivity contribution in [1.29, 1.82) is 0 Å². The summed E-state index contributed by atoms with van der Waals surface area (Å²) in [6.45, 7) is 5.34. The highest BCUT2D eigenvalue weighted by Crippen LogP contribution is 2.26. The Kier molecular flexibility index (Phi) is 5.22. The van der Waals surface area contributed by atoms with Crippen molar-refractivity contribution >= 4 is 5.91 Å². The maximum absolute atomic E-state index is 12.2. The van der Waals surface area contributed by atoms with Crippen LogP contribution in [0.5, 0.6) is 0 Å². The monoisotopic (exact) mass is 268 g/mol. The number of carbonyl (C=O) groups is 1. The first kappa shape index (κ1) is 14.8. The van der Waals surface area contributed by atoms with Gasteiger partial charge in [0.1, 0.15) is 6.61 Å². The van der Waals surface area contributed by atoms with Crippen LogP contribution in [0.4, 0.5) is 0 Å². The van der Waals surface area contributed by atoms with Gasteiger partial charge in [0.25, 0.3) is 0 Å². The molecule has 1 saturated heterocycles. The Labute approximate surface area is 116 Å². The lowest BCUT2D eigenvalue weighted by molar-refractivity contribution is -0.143. The second-order valence-electron chi connectivity index (χ2n) is 6.33. The van der Waals surface area contributed by atoms with E-state index in [1.807, 2.05) is 4.90 Å². The van der Waals surface area contributed by atoms with Crippen LogP contribution in [0.2, 0.25) is 0 Å². The molecule has 0 bridgehead atoms. The molecule has 19 heavy (non-hydrogen) atoms. The first-order chi connectivity index (χ1) is 9.08. The van der Waals surface area contributed by atoms with Crippen LogP contribution in [-0.4, -0.2) is 42.1 Å². The van der Waals surface area contributed by atoms with E-state index in [9.17, 15) is 4.79 Å². The molecule has 110 valence electrons. The molecule has 2 N–H and O–H groups in total. The minimum absolute atomic E-state index is 0.136. The van der Waals surface area contributed by atoms with Crippen molar-refractivity contribution in [1.82, 2.24) is 4.90 Å². The second kappa shape index (κ2) is 6.71. The fraction of sp³-hybridized carbons (Fsp3) is 0.933. The average molecular weight is 268 g/mol. The van der Waals surface area contributed by atoms with Crippen molar-refractivity contribution in [2.75, 3.05) is 13.2 Å². The van der Waals surface area contributed by atoms with E-state index in [4.69, 9.17) is 10.5 Å². The molecule has 1 heterocycles. The summed E-state index contributed by atoms with van der Waals surface area (Å²) in [6, 6.07) is 0.502. The molecular formula is C15H28N2O2. The van der Waals surface area contributed by atoms with Gasteiger partial charge in [-0.05, 0) is 38.5 Å². The van der Waals surface area contributed by atoms with E-state index in [1.54, 1.807) is 0 Å². The summed E-state index contributed by atoms with van der Waals surface area (Å²) < 4.78 is 5.86. The molecule has 0 spiro atoms. The molecule has 2 aliphatic rings. The van der Waals surface area contributed by atoms with Crippen LogP contribution in [0.25, 0.3) is 0 Å². The molecule has 2 fully saturated rings. The van der Waals surface area contributed by atoms with E-state index in [1.165, 1.54) is 19.3 Å². The Balaban J connectivity index is 1.77. The van der Waals surface area contributed by atoms with Crippen molar-refractivity contribution in [3.63, 3.8) is 0 Å². The standard InChI is InChI=1S/C15H28N2O2/c1-11-5-3-4-6-14(11)19-10-15(18)17-8-7-13(16)9-12(17)2/h11-14H,3-10,16H2,1-2H3/t11-,12+,13+,14+/m1/s1. The van der Waals surface area contributed by atoms with Gasteiger partial charge in [0, 0.05) is 18.6 Å². The number of amides is 1. The Hall–Kier alpha value is -0.610. The minimum atomic E-state index is 0.136. The fourth-order valence-corrected chi connectivity index (χ4v) is 3.37. The molecule has 1 saturated carbocycles. The SMILES string of the molecule is C[C@@H]1CCCC[C@@H]1OCC(=O)N1CC[C@H](N)C[C@@H]1C. The summed E-state index contributed by atoms with van der Waals surface area (Å²) in [6.07, 6.45) is 6.97. The van der Waals surface area contributed by atoms with Gasteiger partial charge in [0.05, 0.1) is 6.10 Å². The summed E-state index contributed by atoms with van der Waals surface area (Å²) in [5.74, 6) is 0.728. The van der Waals surface area contributed by atoms with Crippen LogP contribution in [0, 0.1) is 5.92 Å². The molecule has 1 aliphatic heterocycles. The zero-order chi connectivity index (χ0) is 13.8. The number of hydrogen-bond donors (Lipinski definition) is 1. The van der Waals surface area contributed by atoms with Crippen molar-refractivity contribution in [3.8, 4) is 0 Å². The molecule has 0 radical (unpaired) electrons. The van der Waals surface area contributed by atoms with Gasteiger partial charge in [-0.25, -0.2) is 0 Å². The third-order valence-electron chi connectivity index (χ3n) is 4.69. The quantitative estimate of drug-likeness (QED) is 0.851. The molecule has 0 unspecified atom stereocenters. The van der Waals surface area contributed by atoms with Gasteiger partial charge in [-0.15, -0.1) is 0 Å². The van der Waals surface area contributed by atoms with E-state index in [-0.39, 0.29) is 30.7 Å². The largest absolute Gasteiger partial charge is 0.368 e. The van der Waals surface area contributed by atoms with E-state index in [0.29, 0.717) is 5.92 Å². The van der Waals surface area contributed by atoms with Crippen LogP contribution in [0.15, 0.2) is 0 Å². The summed E-state index contributed by atoms with van der Waals surface area (Å²) in [7, 11) is 0. The van der Waals surface area contributed by atoms with Gasteiger partial charge < -0.3 is 15.4 Å². The van der Waals surface area contributed by atoms with Gasteiger partial charge in [0.15, 0.2) is 0 Å². The molecule has 4 heteroatoms. The maximum Gasteiger partial charge on any atom is 0.248 e. The lowest BCUT2D eigenvalue weighted by Crippen LogP contribution is -2.49. The van der Waals surface area contributed by atoms with Crippen LogP contribution < -0.4 is 5.73 Å². The average Bonchev–Trinajstić information content (AvgIpc) is 2.37. The number of carbonyl (C=O) groups excluding carboxylic acids is 1. The normalized spacial score (nSPS) is 36.3. The molecule has 1 aliphatic carbocycles. The summed E-state index contributed by atoms with van der Waals surface area (Å²) in [4.78, 5) is 14.2. The predicted octanol–water partition coefficient (Wildman–Crippen LogP) is 1.92. The smallest absolute Gasteiger partial charge is 0.248 e. The van der Waals surface area contributed by atoms with Crippen molar-refractivity contribution in [3.05, 3.63) is 0 Å². The van der Waals surface area contributed by atoms with Gasteiger partial charge in [0.2, 0.25) is 5.91 Å². The number of rotatable bonds is 3. The minimum Gasteiger partial charge on any atom is -0.368 e. The predicted molar refractivity (Wildman–Crippen MR) is 75.8 cm³/mol. The Bertz CT molecular complexity index is 309. The van der Waals surface area contributed by atoms with Crippen molar-refractivity contribution < 1.29 is 9.53 Å². The number of likely N-dealkylation sites (tertiary alicyclic amines) is 1. The number of nitrogens with zero attached hydrogens (tertiary/aromatic N) is 1. The molecule has 2 rings (SSSR count). The molecule has 1 amide bonds. The van der Waals surface area contributed by atoms with Gasteiger partial charge in [-0.1, -0.05) is 19.8 Å². The van der Waals surface area contributed by atoms with E-state index < -0.39 is 0 Å². The Morgan fingerprint density at radius 1 is 1.26 bits per heavy atom. The zero-order valence-electron chi connectivity index (χ0n) is 12.3. The maximum atomic E-state index is 12.2. The Morgan fingerprint density at radius 2 is 2.00 bits per heavy atom. The van der Waals surface area contributed by atoms with Crippen molar-refractivity contribution in [2.45, 2.75) is 70.6 Å². The second-order valence-corrected chi connectivity index (χ2v) is 6.33. The molecule has 4 nitrogen and oxygen atoms in total. The third kappa shape index (κ3) is 3.93. The number of ether oxygens (including phenoxy) is 1. The van der Waals surface area contributed by atoms with Crippen LogP contribution in [-0.2, 0) is 9.53 Å². The lowest BCUT2D eigenvalue weighted by Gasteiger charge is -2.37. The van der Waals surface area contributed by atoms with Crippen LogP contribution >= 0.6 is 0 Å². The highest BCUT2D eigenvalue weighted by Gasteiger charge is 2.28. The van der Waals surface area contributed by atoms with Gasteiger partial charge in [-0.3, -0.25) is 4.79 Å². The van der Waals surface area contributed by atoms with Gasteiger partial charge in [-0.2, -0.15) is 0 Å². The number of piperidine rings is 1. The van der Waals surface area contributed by atoms with E-state index in [2.05, 4.69) is 13.8 Å². The van der Waals surface area contributed by atoms with Crippen LogP contribution in [0.3, 0.4) is 0 Å². The third-order valence-corrected chi connectivity index (χ3v) is 4.69. The zero-order valence-corrected chi connectivity index (χ0v) is 12.3. The topological polar surface area (TPSA) is 55.6 Å². The molecule has 4 atom stereocenters. The highest BCUT2D eigenvalue weighted by atomic mass is 16.5. The highest BCUT2D eigenvalue weighted by molar-refractivity contribution is 5.77.